The molecule has 2 aromatic carbocycles. The molecule has 1 heterocycles. The lowest BCUT2D eigenvalue weighted by Gasteiger charge is -2.16. The highest BCUT2D eigenvalue weighted by atomic mass is 32.2. The third kappa shape index (κ3) is 6.62. The van der Waals surface area contributed by atoms with E-state index < -0.39 is 23.6 Å². The molecule has 1 aromatic heterocycles. The molecule has 0 atom stereocenters. The van der Waals surface area contributed by atoms with Gasteiger partial charge in [0.15, 0.2) is 22.3 Å². The van der Waals surface area contributed by atoms with Crippen molar-refractivity contribution in [1.82, 2.24) is 9.97 Å². The number of anilines is 2. The van der Waals surface area contributed by atoms with E-state index in [9.17, 15) is 26.3 Å². The highest BCUT2D eigenvalue weighted by Gasteiger charge is 2.34. The van der Waals surface area contributed by atoms with E-state index in [1.165, 1.54) is 45.6 Å². The lowest BCUT2D eigenvalue weighted by atomic mass is 10.1. The Morgan fingerprint density at radius 1 is 0.800 bits per heavy atom. The maximum atomic E-state index is 13.5. The number of rotatable bonds is 8. The van der Waals surface area contributed by atoms with Crippen molar-refractivity contribution in [2.45, 2.75) is 23.3 Å². The number of thioether (sulfide) groups is 1. The average molecular weight is 519 g/mol. The minimum atomic E-state index is -4.75. The molecule has 1 N–H and O–H groups in total. The fourth-order valence-electron chi connectivity index (χ4n) is 2.94. The number of ether oxygens (including phenoxy) is 3. The molecule has 3 rings (SSSR count). The standard InChI is InChI=1S/C22H19F6N3O3S/c1-32-15-8-14(9-16(33-2)19(15)34-3)29-18-10-17(22(26,27)28)30-20(31-18)35-11-12-4-6-13(7-5-12)21(23,24)25/h4-10H,11H2,1-3H3,(H,29,30,31). The van der Waals surface area contributed by atoms with Crippen molar-refractivity contribution >= 4 is 23.3 Å². The minimum Gasteiger partial charge on any atom is -0.493 e. The smallest absolute Gasteiger partial charge is 0.433 e. The van der Waals surface area contributed by atoms with Crippen LogP contribution in [0.3, 0.4) is 0 Å². The lowest BCUT2D eigenvalue weighted by molar-refractivity contribution is -0.141. The molecule has 0 aliphatic carbocycles. The molecule has 0 amide bonds. The molecule has 0 bridgehead atoms. The molecule has 6 nitrogen and oxygen atoms in total. The summed E-state index contributed by atoms with van der Waals surface area (Å²) in [7, 11) is 4.20. The third-order valence-electron chi connectivity index (χ3n) is 4.58. The van der Waals surface area contributed by atoms with E-state index in [0.29, 0.717) is 17.0 Å². The summed E-state index contributed by atoms with van der Waals surface area (Å²) in [5.74, 6) is 0.750. The van der Waals surface area contributed by atoms with Gasteiger partial charge in [0.2, 0.25) is 5.75 Å². The number of nitrogens with one attached hydrogen (secondary N) is 1. The van der Waals surface area contributed by atoms with E-state index >= 15 is 0 Å². The SMILES string of the molecule is COc1cc(Nc2cc(C(F)(F)F)nc(SCc3ccc(C(F)(F)F)cc3)n2)cc(OC)c1OC. The Labute approximate surface area is 200 Å². The first-order valence-electron chi connectivity index (χ1n) is 9.77. The molecule has 13 heteroatoms. The summed E-state index contributed by atoms with van der Waals surface area (Å²) in [5, 5.41) is 2.56. The molecule has 0 radical (unpaired) electrons. The van der Waals surface area contributed by atoms with E-state index in [1.807, 2.05) is 0 Å². The number of alkyl halides is 6. The Kier molecular flexibility index (Phi) is 7.88. The Hall–Kier alpha value is -3.35. The predicted octanol–water partition coefficient (Wildman–Crippen LogP) is 6.58. The molecule has 0 aliphatic rings. The topological polar surface area (TPSA) is 65.5 Å². The van der Waals surface area contributed by atoms with Gasteiger partial charge >= 0.3 is 12.4 Å². The number of benzene rings is 2. The van der Waals surface area contributed by atoms with Crippen LogP contribution >= 0.6 is 11.8 Å². The van der Waals surface area contributed by atoms with Crippen molar-refractivity contribution in [3.05, 3.63) is 59.3 Å². The molecular weight excluding hydrogens is 500 g/mol. The van der Waals surface area contributed by atoms with Gasteiger partial charge in [-0.05, 0) is 17.7 Å². The van der Waals surface area contributed by atoms with Gasteiger partial charge in [-0.1, -0.05) is 23.9 Å². The summed E-state index contributed by atoms with van der Waals surface area (Å²) in [6.07, 6.45) is -9.23. The zero-order valence-electron chi connectivity index (χ0n) is 18.5. The zero-order chi connectivity index (χ0) is 25.8. The monoisotopic (exact) mass is 519 g/mol. The number of hydrogen-bond donors (Lipinski definition) is 1. The molecule has 188 valence electrons. The fourth-order valence-corrected chi connectivity index (χ4v) is 3.75. The summed E-state index contributed by atoms with van der Waals surface area (Å²) in [6.45, 7) is 0. The number of aromatic nitrogens is 2. The van der Waals surface area contributed by atoms with Crippen LogP contribution in [0.4, 0.5) is 37.8 Å². The fraction of sp³-hybridized carbons (Fsp3) is 0.273. The molecular formula is C22H19F6N3O3S. The van der Waals surface area contributed by atoms with Gasteiger partial charge in [-0.25, -0.2) is 9.97 Å². The predicted molar refractivity (Wildman–Crippen MR) is 117 cm³/mol. The Balaban J connectivity index is 1.88. The lowest BCUT2D eigenvalue weighted by Crippen LogP contribution is -2.11. The van der Waals surface area contributed by atoms with E-state index in [0.717, 1.165) is 30.0 Å². The molecule has 0 fully saturated rings. The Morgan fingerprint density at radius 2 is 1.40 bits per heavy atom. The first-order chi connectivity index (χ1) is 16.4. The van der Waals surface area contributed by atoms with Gasteiger partial charge in [-0.15, -0.1) is 0 Å². The number of halogens is 6. The van der Waals surface area contributed by atoms with E-state index in [2.05, 4.69) is 15.3 Å². The van der Waals surface area contributed by atoms with Gasteiger partial charge in [0.25, 0.3) is 0 Å². The van der Waals surface area contributed by atoms with Gasteiger partial charge in [0.1, 0.15) is 5.82 Å². The van der Waals surface area contributed by atoms with Crippen LogP contribution in [0.25, 0.3) is 0 Å². The largest absolute Gasteiger partial charge is 0.493 e. The molecule has 3 aromatic rings. The summed E-state index contributed by atoms with van der Waals surface area (Å²) in [4.78, 5) is 7.67. The van der Waals surface area contributed by atoms with Crippen molar-refractivity contribution < 1.29 is 40.6 Å². The second-order valence-electron chi connectivity index (χ2n) is 6.94. The van der Waals surface area contributed by atoms with Crippen LogP contribution < -0.4 is 19.5 Å². The van der Waals surface area contributed by atoms with Crippen LogP contribution in [0.5, 0.6) is 17.2 Å². The normalized spacial score (nSPS) is 11.8. The van der Waals surface area contributed by atoms with Crippen LogP contribution in [-0.2, 0) is 18.1 Å². The molecule has 0 saturated heterocycles. The molecule has 0 aliphatic heterocycles. The van der Waals surface area contributed by atoms with Crippen molar-refractivity contribution in [1.29, 1.82) is 0 Å². The highest BCUT2D eigenvalue weighted by Crippen LogP contribution is 2.41. The number of hydrogen-bond acceptors (Lipinski definition) is 7. The van der Waals surface area contributed by atoms with Gasteiger partial charge in [0.05, 0.1) is 26.9 Å². The molecule has 0 spiro atoms. The number of methoxy groups -OCH3 is 3. The van der Waals surface area contributed by atoms with Gasteiger partial charge < -0.3 is 19.5 Å². The second kappa shape index (κ2) is 10.5. The summed E-state index contributed by atoms with van der Waals surface area (Å²) >= 11 is 0.850. The highest BCUT2D eigenvalue weighted by molar-refractivity contribution is 7.98. The van der Waals surface area contributed by atoms with Gasteiger partial charge in [0, 0.05) is 29.6 Å². The zero-order valence-corrected chi connectivity index (χ0v) is 19.4. The van der Waals surface area contributed by atoms with Crippen LogP contribution in [0.15, 0.2) is 47.6 Å². The Morgan fingerprint density at radius 3 is 1.89 bits per heavy atom. The van der Waals surface area contributed by atoms with Gasteiger partial charge in [-0.2, -0.15) is 26.3 Å². The van der Waals surface area contributed by atoms with Crippen LogP contribution in [0.2, 0.25) is 0 Å². The average Bonchev–Trinajstić information content (AvgIpc) is 2.81. The van der Waals surface area contributed by atoms with E-state index in [-0.39, 0.29) is 28.2 Å². The maximum Gasteiger partial charge on any atom is 0.433 e. The van der Waals surface area contributed by atoms with Crippen molar-refractivity contribution in [3.63, 3.8) is 0 Å². The van der Waals surface area contributed by atoms with Crippen molar-refractivity contribution in [3.8, 4) is 17.2 Å². The van der Waals surface area contributed by atoms with Crippen molar-refractivity contribution in [2.75, 3.05) is 26.6 Å². The summed E-state index contributed by atoms with van der Waals surface area (Å²) in [5.41, 5.74) is -1.23. The van der Waals surface area contributed by atoms with Crippen LogP contribution in [0.1, 0.15) is 16.8 Å². The van der Waals surface area contributed by atoms with Crippen molar-refractivity contribution in [2.24, 2.45) is 0 Å². The second-order valence-corrected chi connectivity index (χ2v) is 7.88. The summed E-state index contributed by atoms with van der Waals surface area (Å²) in [6, 6.07) is 8.03. The minimum absolute atomic E-state index is 0.0586. The quantitative estimate of drug-likeness (QED) is 0.205. The van der Waals surface area contributed by atoms with E-state index in [4.69, 9.17) is 14.2 Å². The third-order valence-corrected chi connectivity index (χ3v) is 5.50. The van der Waals surface area contributed by atoms with E-state index in [1.54, 1.807) is 0 Å². The van der Waals surface area contributed by atoms with Crippen LogP contribution in [-0.4, -0.2) is 31.3 Å². The number of nitrogens with zero attached hydrogens (tertiary/aromatic N) is 2. The Bertz CT molecular complexity index is 1150. The molecule has 0 saturated carbocycles. The molecule has 0 unspecified atom stereocenters. The first kappa shape index (κ1) is 26.3. The summed E-state index contributed by atoms with van der Waals surface area (Å²) < 4.78 is 94.2. The molecule has 35 heavy (non-hydrogen) atoms. The van der Waals surface area contributed by atoms with Crippen LogP contribution in [0, 0.1) is 0 Å². The maximum absolute atomic E-state index is 13.5. The first-order valence-corrected chi connectivity index (χ1v) is 10.8. The van der Waals surface area contributed by atoms with Gasteiger partial charge in [-0.3, -0.25) is 0 Å².